The SMILES string of the molecule is CC.CCc1ccc2sc(Cl)cc2c1. The summed E-state index contributed by atoms with van der Waals surface area (Å²) in [5.41, 5.74) is 1.37. The van der Waals surface area contributed by atoms with Gasteiger partial charge < -0.3 is 0 Å². The van der Waals surface area contributed by atoms with Crippen molar-refractivity contribution in [2.45, 2.75) is 27.2 Å². The molecule has 0 saturated carbocycles. The molecular weight excluding hydrogens is 212 g/mol. The molecular formula is C12H15ClS. The van der Waals surface area contributed by atoms with Crippen molar-refractivity contribution in [1.29, 1.82) is 0 Å². The molecule has 0 fully saturated rings. The van der Waals surface area contributed by atoms with Crippen LogP contribution >= 0.6 is 22.9 Å². The average Bonchev–Trinajstić information content (AvgIpc) is 2.59. The molecule has 0 radical (unpaired) electrons. The number of rotatable bonds is 1. The van der Waals surface area contributed by atoms with Gasteiger partial charge in [0.05, 0.1) is 4.34 Å². The largest absolute Gasteiger partial charge is 0.123 e. The van der Waals surface area contributed by atoms with Crippen molar-refractivity contribution >= 4 is 33.0 Å². The molecule has 0 atom stereocenters. The molecule has 0 saturated heterocycles. The Morgan fingerprint density at radius 2 is 1.93 bits per heavy atom. The van der Waals surface area contributed by atoms with Gasteiger partial charge in [0.25, 0.3) is 0 Å². The third-order valence-corrected chi connectivity index (χ3v) is 3.20. The Hall–Kier alpha value is -0.530. The van der Waals surface area contributed by atoms with Crippen molar-refractivity contribution < 1.29 is 0 Å². The van der Waals surface area contributed by atoms with Gasteiger partial charge >= 0.3 is 0 Å². The Kier molecular flexibility index (Phi) is 4.43. The maximum atomic E-state index is 5.90. The molecule has 76 valence electrons. The van der Waals surface area contributed by atoms with Crippen LogP contribution in [0.1, 0.15) is 26.3 Å². The van der Waals surface area contributed by atoms with E-state index in [0.29, 0.717) is 0 Å². The molecule has 2 heteroatoms. The van der Waals surface area contributed by atoms with Crippen molar-refractivity contribution in [3.8, 4) is 0 Å². The number of thiophene rings is 1. The molecule has 0 spiro atoms. The highest BCUT2D eigenvalue weighted by atomic mass is 35.5. The molecule has 2 aromatic rings. The lowest BCUT2D eigenvalue weighted by molar-refractivity contribution is 1.15. The van der Waals surface area contributed by atoms with Crippen molar-refractivity contribution in [3.63, 3.8) is 0 Å². The summed E-state index contributed by atoms with van der Waals surface area (Å²) in [6, 6.07) is 8.54. The van der Waals surface area contributed by atoms with Gasteiger partial charge in [0.15, 0.2) is 0 Å². The Balaban J connectivity index is 0.000000461. The van der Waals surface area contributed by atoms with Gasteiger partial charge in [-0.25, -0.2) is 0 Å². The summed E-state index contributed by atoms with van der Waals surface area (Å²) in [6.07, 6.45) is 1.09. The van der Waals surface area contributed by atoms with Gasteiger partial charge in [0, 0.05) is 4.70 Å². The van der Waals surface area contributed by atoms with Gasteiger partial charge in [-0.15, -0.1) is 11.3 Å². The second-order valence-electron chi connectivity index (χ2n) is 2.78. The fourth-order valence-electron chi connectivity index (χ4n) is 1.28. The number of fused-ring (bicyclic) bond motifs is 1. The van der Waals surface area contributed by atoms with Crippen LogP contribution in [-0.2, 0) is 6.42 Å². The van der Waals surface area contributed by atoms with E-state index >= 15 is 0 Å². The van der Waals surface area contributed by atoms with E-state index in [0.717, 1.165) is 10.8 Å². The zero-order chi connectivity index (χ0) is 10.6. The summed E-state index contributed by atoms with van der Waals surface area (Å²) in [6.45, 7) is 6.16. The number of halogens is 1. The van der Waals surface area contributed by atoms with Crippen LogP contribution in [0, 0.1) is 0 Å². The number of aryl methyl sites for hydroxylation is 1. The maximum Gasteiger partial charge on any atom is 0.0940 e. The van der Waals surface area contributed by atoms with E-state index in [4.69, 9.17) is 11.6 Å². The maximum absolute atomic E-state index is 5.90. The monoisotopic (exact) mass is 226 g/mol. The Labute approximate surface area is 94.5 Å². The second kappa shape index (κ2) is 5.38. The van der Waals surface area contributed by atoms with Crippen molar-refractivity contribution in [1.82, 2.24) is 0 Å². The minimum absolute atomic E-state index is 0.873. The molecule has 0 bridgehead atoms. The van der Waals surface area contributed by atoms with Crippen LogP contribution in [0.3, 0.4) is 0 Å². The predicted molar refractivity (Wildman–Crippen MR) is 67.6 cm³/mol. The number of benzene rings is 1. The molecule has 0 aliphatic heterocycles. The summed E-state index contributed by atoms with van der Waals surface area (Å²) in [7, 11) is 0. The van der Waals surface area contributed by atoms with Crippen LogP contribution in [-0.4, -0.2) is 0 Å². The molecule has 0 aliphatic carbocycles. The average molecular weight is 227 g/mol. The van der Waals surface area contributed by atoms with E-state index in [1.807, 2.05) is 19.9 Å². The highest BCUT2D eigenvalue weighted by molar-refractivity contribution is 7.22. The molecule has 2 rings (SSSR count). The van der Waals surface area contributed by atoms with E-state index in [9.17, 15) is 0 Å². The first kappa shape index (κ1) is 11.5. The Bertz CT molecular complexity index is 404. The zero-order valence-corrected chi connectivity index (χ0v) is 10.4. The normalized spacial score (nSPS) is 9.71. The zero-order valence-electron chi connectivity index (χ0n) is 8.80. The first-order valence-corrected chi connectivity index (χ1v) is 6.17. The van der Waals surface area contributed by atoms with Crippen LogP contribution in [0.2, 0.25) is 4.34 Å². The first-order chi connectivity index (χ1) is 6.79. The fraction of sp³-hybridized carbons (Fsp3) is 0.333. The smallest absolute Gasteiger partial charge is 0.0940 e. The minimum Gasteiger partial charge on any atom is -0.123 e. The van der Waals surface area contributed by atoms with Crippen molar-refractivity contribution in [2.75, 3.05) is 0 Å². The Morgan fingerprint density at radius 1 is 1.21 bits per heavy atom. The summed E-state index contributed by atoms with van der Waals surface area (Å²) in [4.78, 5) is 0. The fourth-order valence-corrected chi connectivity index (χ4v) is 2.42. The molecule has 0 amide bonds. The molecule has 1 aromatic carbocycles. The van der Waals surface area contributed by atoms with Gasteiger partial charge in [-0.05, 0) is 29.5 Å². The van der Waals surface area contributed by atoms with Crippen LogP contribution in [0.5, 0.6) is 0 Å². The van der Waals surface area contributed by atoms with Crippen LogP contribution in [0.4, 0.5) is 0 Å². The van der Waals surface area contributed by atoms with Gasteiger partial charge in [0.1, 0.15) is 0 Å². The number of hydrogen-bond donors (Lipinski definition) is 0. The summed E-state index contributed by atoms with van der Waals surface area (Å²) < 4.78 is 2.15. The topological polar surface area (TPSA) is 0 Å². The lowest BCUT2D eigenvalue weighted by Crippen LogP contribution is -1.76. The lowest BCUT2D eigenvalue weighted by Gasteiger charge is -1.94. The summed E-state index contributed by atoms with van der Waals surface area (Å²) in [5.74, 6) is 0. The second-order valence-corrected chi connectivity index (χ2v) is 4.49. The van der Waals surface area contributed by atoms with E-state index in [1.165, 1.54) is 15.6 Å². The van der Waals surface area contributed by atoms with Crippen LogP contribution < -0.4 is 0 Å². The summed E-state index contributed by atoms with van der Waals surface area (Å²) >= 11 is 7.53. The highest BCUT2D eigenvalue weighted by Gasteiger charge is 1.99. The highest BCUT2D eigenvalue weighted by Crippen LogP contribution is 2.29. The van der Waals surface area contributed by atoms with Gasteiger partial charge in [-0.1, -0.05) is 44.5 Å². The van der Waals surface area contributed by atoms with Crippen LogP contribution in [0.15, 0.2) is 24.3 Å². The standard InChI is InChI=1S/C10H9ClS.C2H6/c1-2-7-3-4-9-8(5-7)6-10(11)12-9;1-2/h3-6H,2H2,1H3;1-2H3. The molecule has 0 unspecified atom stereocenters. The van der Waals surface area contributed by atoms with E-state index in [-0.39, 0.29) is 0 Å². The van der Waals surface area contributed by atoms with Crippen molar-refractivity contribution in [3.05, 3.63) is 34.2 Å². The molecule has 1 heterocycles. The van der Waals surface area contributed by atoms with Crippen molar-refractivity contribution in [2.24, 2.45) is 0 Å². The molecule has 14 heavy (non-hydrogen) atoms. The molecule has 0 N–H and O–H groups in total. The minimum atomic E-state index is 0.873. The first-order valence-electron chi connectivity index (χ1n) is 4.97. The molecule has 0 nitrogen and oxygen atoms in total. The van der Waals surface area contributed by atoms with E-state index in [1.54, 1.807) is 11.3 Å². The Morgan fingerprint density at radius 3 is 2.57 bits per heavy atom. The third-order valence-electron chi connectivity index (χ3n) is 1.96. The third kappa shape index (κ3) is 2.49. The lowest BCUT2D eigenvalue weighted by atomic mass is 10.1. The quantitative estimate of drug-likeness (QED) is 0.632. The predicted octanol–water partition coefficient (Wildman–Crippen LogP) is 5.14. The van der Waals surface area contributed by atoms with Gasteiger partial charge in [0.2, 0.25) is 0 Å². The van der Waals surface area contributed by atoms with E-state index in [2.05, 4.69) is 25.1 Å². The van der Waals surface area contributed by atoms with Gasteiger partial charge in [-0.3, -0.25) is 0 Å². The van der Waals surface area contributed by atoms with Crippen LogP contribution in [0.25, 0.3) is 10.1 Å². The van der Waals surface area contributed by atoms with Gasteiger partial charge in [-0.2, -0.15) is 0 Å². The number of hydrogen-bond acceptors (Lipinski definition) is 1. The molecule has 1 aromatic heterocycles. The van der Waals surface area contributed by atoms with E-state index < -0.39 is 0 Å². The molecule has 0 aliphatic rings. The summed E-state index contributed by atoms with van der Waals surface area (Å²) in [5, 5.41) is 1.27.